The Morgan fingerprint density at radius 3 is 2.30 bits per heavy atom. The average Bonchev–Trinajstić information content (AvgIpc) is 3.12. The number of hydrogen-bond acceptors (Lipinski definition) is 5. The van der Waals surface area contributed by atoms with Crippen molar-refractivity contribution in [2.75, 3.05) is 5.75 Å². The lowest BCUT2D eigenvalue weighted by atomic mass is 10.1. The van der Waals surface area contributed by atoms with Crippen molar-refractivity contribution in [3.8, 4) is 11.4 Å². The van der Waals surface area contributed by atoms with Crippen LogP contribution in [0, 0.1) is 0 Å². The third kappa shape index (κ3) is 4.79. The maximum Gasteiger partial charge on any atom is 0.400 e. The van der Waals surface area contributed by atoms with E-state index in [0.29, 0.717) is 26.1 Å². The van der Waals surface area contributed by atoms with E-state index in [1.54, 1.807) is 30.3 Å². The highest BCUT2D eigenvalue weighted by molar-refractivity contribution is 8.00. The Hall–Kier alpha value is -1.67. The van der Waals surface area contributed by atoms with Crippen LogP contribution in [0.25, 0.3) is 11.4 Å². The Bertz CT molecular complexity index is 955. The van der Waals surface area contributed by atoms with Crippen LogP contribution >= 0.6 is 46.6 Å². The van der Waals surface area contributed by atoms with Crippen molar-refractivity contribution >= 4 is 52.3 Å². The Balaban J connectivity index is 1.70. The molecule has 0 spiro atoms. The number of carbonyl (C=O) groups excluding carboxylic acids is 1. The number of alkyl halides is 3. The first kappa shape index (κ1) is 20.1. The van der Waals surface area contributed by atoms with Crippen molar-refractivity contribution in [3.05, 3.63) is 64.0 Å². The molecule has 3 rings (SSSR count). The Morgan fingerprint density at radius 1 is 1.11 bits per heavy atom. The number of benzene rings is 2. The number of nitrogens with zero attached hydrogens (tertiary/aromatic N) is 2. The van der Waals surface area contributed by atoms with E-state index in [1.807, 2.05) is 0 Å². The summed E-state index contributed by atoms with van der Waals surface area (Å²) in [6, 6.07) is 11.3. The van der Waals surface area contributed by atoms with Gasteiger partial charge in [-0.1, -0.05) is 58.7 Å². The molecule has 0 N–H and O–H groups in total. The normalized spacial score (nSPS) is 11.6. The first-order chi connectivity index (χ1) is 12.8. The van der Waals surface area contributed by atoms with Crippen molar-refractivity contribution < 1.29 is 18.1 Å². The molecule has 0 amide bonds. The molecule has 0 aliphatic carbocycles. The second-order valence-electron chi connectivity index (χ2n) is 5.26. The second kappa shape index (κ2) is 8.14. The van der Waals surface area contributed by atoms with Crippen LogP contribution in [-0.2, 0) is 5.38 Å². The molecule has 0 aliphatic heterocycles. The maximum atomic E-state index is 12.9. The fraction of sp³-hybridized carbons (Fsp3) is 0.118. The second-order valence-corrected chi connectivity index (χ2v) is 7.54. The Morgan fingerprint density at radius 2 is 1.74 bits per heavy atom. The van der Waals surface area contributed by atoms with Gasteiger partial charge in [-0.2, -0.15) is 13.8 Å². The predicted octanol–water partition coefficient (Wildman–Crippen LogP) is 6.31. The lowest BCUT2D eigenvalue weighted by molar-refractivity contribution is 0.0551. The van der Waals surface area contributed by atoms with Crippen molar-refractivity contribution in [2.45, 2.75) is 10.3 Å². The minimum absolute atomic E-state index is 0.0541. The molecule has 0 fully saturated rings. The van der Waals surface area contributed by atoms with Gasteiger partial charge in [0.15, 0.2) is 5.78 Å². The number of halogens is 5. The molecule has 0 aliphatic rings. The molecule has 1 heterocycles. The van der Waals surface area contributed by atoms with Gasteiger partial charge in [0, 0.05) is 16.0 Å². The minimum atomic E-state index is -3.74. The summed E-state index contributed by atoms with van der Waals surface area (Å²) in [6.45, 7) is 0. The first-order valence-electron chi connectivity index (χ1n) is 7.37. The number of carbonyl (C=O) groups is 1. The van der Waals surface area contributed by atoms with E-state index in [0.717, 1.165) is 0 Å². The Labute approximate surface area is 171 Å². The number of ketones is 1. The van der Waals surface area contributed by atoms with Crippen molar-refractivity contribution in [1.29, 1.82) is 0 Å². The average molecular weight is 450 g/mol. The number of thioether (sulfide) groups is 1. The quantitative estimate of drug-likeness (QED) is 0.251. The van der Waals surface area contributed by atoms with Gasteiger partial charge in [0.25, 0.3) is 0 Å². The van der Waals surface area contributed by atoms with Gasteiger partial charge in [-0.05, 0) is 23.7 Å². The highest BCUT2D eigenvalue weighted by Gasteiger charge is 2.35. The van der Waals surface area contributed by atoms with Crippen LogP contribution in [0.3, 0.4) is 0 Å². The van der Waals surface area contributed by atoms with E-state index in [4.69, 9.17) is 34.8 Å². The zero-order valence-electron chi connectivity index (χ0n) is 13.3. The summed E-state index contributed by atoms with van der Waals surface area (Å²) in [6.07, 6.45) is 0. The molecule has 1 aromatic heterocycles. The summed E-state index contributed by atoms with van der Waals surface area (Å²) in [7, 11) is 0. The molecule has 4 nitrogen and oxygen atoms in total. The van der Waals surface area contributed by atoms with Crippen molar-refractivity contribution in [1.82, 2.24) is 10.1 Å². The van der Waals surface area contributed by atoms with Gasteiger partial charge in [0.2, 0.25) is 5.82 Å². The van der Waals surface area contributed by atoms with Crippen LogP contribution in [0.15, 0.2) is 51.9 Å². The standard InChI is InChI=1S/C17H9Cl3F2N2O2S/c18-11-2-1-3-12(19)14(11)27-8-13(25)9-4-6-10(7-5-9)15-23-16(26-24-15)17(20,21)22/h1-7H,8H2. The molecule has 2 aromatic carbocycles. The molecule has 0 saturated heterocycles. The topological polar surface area (TPSA) is 56.0 Å². The highest BCUT2D eigenvalue weighted by Crippen LogP contribution is 2.34. The Kier molecular flexibility index (Phi) is 6.05. The van der Waals surface area contributed by atoms with E-state index in [2.05, 4.69) is 14.7 Å². The minimum Gasteiger partial charge on any atom is -0.331 e. The third-order valence-electron chi connectivity index (χ3n) is 3.40. The fourth-order valence-corrected chi connectivity index (χ4v) is 3.76. The number of aromatic nitrogens is 2. The van der Waals surface area contributed by atoms with Crippen LogP contribution < -0.4 is 0 Å². The van der Waals surface area contributed by atoms with E-state index in [1.165, 1.54) is 23.9 Å². The van der Waals surface area contributed by atoms with Crippen molar-refractivity contribution in [2.24, 2.45) is 0 Å². The highest BCUT2D eigenvalue weighted by atomic mass is 35.5. The summed E-state index contributed by atoms with van der Waals surface area (Å²) in [5.74, 6) is -1.06. The van der Waals surface area contributed by atoms with Gasteiger partial charge in [-0.3, -0.25) is 4.79 Å². The van der Waals surface area contributed by atoms with Crippen LogP contribution in [0.1, 0.15) is 16.2 Å². The predicted molar refractivity (Wildman–Crippen MR) is 101 cm³/mol. The molecule has 27 heavy (non-hydrogen) atoms. The van der Waals surface area contributed by atoms with Gasteiger partial charge in [-0.25, -0.2) is 0 Å². The number of rotatable bonds is 6. The molecule has 0 atom stereocenters. The zero-order valence-corrected chi connectivity index (χ0v) is 16.3. The molecule has 0 radical (unpaired) electrons. The summed E-state index contributed by atoms with van der Waals surface area (Å²) in [4.78, 5) is 16.5. The van der Waals surface area contributed by atoms with Gasteiger partial charge < -0.3 is 4.52 Å². The molecule has 10 heteroatoms. The zero-order chi connectivity index (χ0) is 19.6. The third-order valence-corrected chi connectivity index (χ3v) is 5.55. The van der Waals surface area contributed by atoms with Crippen molar-refractivity contribution in [3.63, 3.8) is 0 Å². The summed E-state index contributed by atoms with van der Waals surface area (Å²) in [5.41, 5.74) is 0.838. The van der Waals surface area contributed by atoms with E-state index >= 15 is 0 Å². The maximum absolute atomic E-state index is 12.9. The summed E-state index contributed by atoms with van der Waals surface area (Å²) < 4.78 is 30.3. The van der Waals surface area contributed by atoms with Gasteiger partial charge >= 0.3 is 11.3 Å². The number of hydrogen-bond donors (Lipinski definition) is 0. The molecule has 0 saturated carbocycles. The van der Waals surface area contributed by atoms with E-state index in [9.17, 15) is 13.6 Å². The smallest absolute Gasteiger partial charge is 0.331 e. The molecule has 140 valence electrons. The van der Waals surface area contributed by atoms with Crippen LogP contribution in [-0.4, -0.2) is 21.7 Å². The lowest BCUT2D eigenvalue weighted by Gasteiger charge is -2.06. The van der Waals surface area contributed by atoms with Gasteiger partial charge in [0.1, 0.15) is 0 Å². The van der Waals surface area contributed by atoms with E-state index < -0.39 is 11.3 Å². The van der Waals surface area contributed by atoms with Gasteiger partial charge in [-0.15, -0.1) is 11.8 Å². The monoisotopic (exact) mass is 448 g/mol. The summed E-state index contributed by atoms with van der Waals surface area (Å²) >= 11 is 18.2. The van der Waals surface area contributed by atoms with E-state index in [-0.39, 0.29) is 17.4 Å². The molecule has 0 bridgehead atoms. The largest absolute Gasteiger partial charge is 0.400 e. The number of Topliss-reactive ketones (excluding diaryl/α,β-unsaturated/α-hetero) is 1. The lowest BCUT2D eigenvalue weighted by Crippen LogP contribution is -2.03. The first-order valence-corrected chi connectivity index (χ1v) is 9.49. The molecule has 0 unspecified atom stereocenters. The fourth-order valence-electron chi connectivity index (χ4n) is 2.10. The summed E-state index contributed by atoms with van der Waals surface area (Å²) in [5, 5.41) is 0.660. The SMILES string of the molecule is O=C(CSc1c(Cl)cccc1Cl)c1ccc(-c2noc(C(F)(F)Cl)n2)cc1. The molecule has 3 aromatic rings. The van der Waals surface area contributed by atoms with Crippen LogP contribution in [0.5, 0.6) is 0 Å². The molecular weight excluding hydrogens is 441 g/mol. The van der Waals surface area contributed by atoms with Crippen LogP contribution in [0.2, 0.25) is 10.0 Å². The van der Waals surface area contributed by atoms with Gasteiger partial charge in [0.05, 0.1) is 15.8 Å². The van der Waals surface area contributed by atoms with Crippen LogP contribution in [0.4, 0.5) is 8.78 Å². The molecular formula is C17H9Cl3F2N2O2S.